The van der Waals surface area contributed by atoms with E-state index in [9.17, 15) is 4.39 Å². The van der Waals surface area contributed by atoms with E-state index in [-0.39, 0.29) is 11.2 Å². The molecule has 0 saturated carbocycles. The lowest BCUT2D eigenvalue weighted by molar-refractivity contribution is 0.220. The second-order valence-corrected chi connectivity index (χ2v) is 19.9. The van der Waals surface area contributed by atoms with Crippen LogP contribution < -0.4 is 9.80 Å². The van der Waals surface area contributed by atoms with E-state index in [0.717, 1.165) is 125 Å². The number of halogens is 1. The third-order valence-electron chi connectivity index (χ3n) is 14.6. The highest BCUT2D eigenvalue weighted by Gasteiger charge is 2.29. The lowest BCUT2D eigenvalue weighted by atomic mass is 9.74. The summed E-state index contributed by atoms with van der Waals surface area (Å²) in [5, 5.41) is 5.93. The van der Waals surface area contributed by atoms with E-state index in [1.807, 2.05) is 18.2 Å². The molecule has 5 nitrogen and oxygen atoms in total. The molecule has 3 heterocycles. The minimum atomic E-state index is -0.284. The molecule has 6 heteroatoms. The van der Waals surface area contributed by atoms with Crippen LogP contribution in [0.2, 0.25) is 0 Å². The van der Waals surface area contributed by atoms with Crippen LogP contribution in [0.4, 0.5) is 32.8 Å². The van der Waals surface area contributed by atoms with Gasteiger partial charge in [0.1, 0.15) is 39.3 Å². The Bertz CT molecular complexity index is 3950. The van der Waals surface area contributed by atoms with Crippen LogP contribution in [0.3, 0.4) is 0 Å². The van der Waals surface area contributed by atoms with E-state index in [4.69, 9.17) is 13.3 Å². The van der Waals surface area contributed by atoms with Gasteiger partial charge in [0.2, 0.25) is 0 Å². The van der Waals surface area contributed by atoms with Gasteiger partial charge in [-0.1, -0.05) is 112 Å². The van der Waals surface area contributed by atoms with Crippen LogP contribution in [-0.2, 0) is 0 Å². The number of furan rings is 3. The summed E-state index contributed by atoms with van der Waals surface area (Å²) in [6.07, 6.45) is 5.66. The lowest BCUT2D eigenvalue weighted by Gasteiger charge is -2.37. The van der Waals surface area contributed by atoms with Crippen LogP contribution in [0.15, 0.2) is 219 Å². The lowest BCUT2D eigenvalue weighted by Crippen LogP contribution is -2.26. The van der Waals surface area contributed by atoms with E-state index < -0.39 is 0 Å². The maximum atomic E-state index is 14.2. The fourth-order valence-corrected chi connectivity index (χ4v) is 10.8. The summed E-state index contributed by atoms with van der Waals surface area (Å²) < 4.78 is 34.4. The van der Waals surface area contributed by atoms with Crippen LogP contribution in [0.5, 0.6) is 0 Å². The van der Waals surface area contributed by atoms with Crippen molar-refractivity contribution in [1.82, 2.24) is 0 Å². The normalized spacial score (nSPS) is 14.3. The molecule has 13 rings (SSSR count). The van der Waals surface area contributed by atoms with E-state index in [2.05, 4.69) is 188 Å². The molecule has 1 aliphatic carbocycles. The first-order valence-corrected chi connectivity index (χ1v) is 24.2. The highest BCUT2D eigenvalue weighted by molar-refractivity contribution is 6.19. The fraction of sp³-hybridized carbons (Fsp3) is 0.125. The molecule has 3 aromatic heterocycles. The molecule has 1 atom stereocenters. The van der Waals surface area contributed by atoms with Gasteiger partial charge in [0, 0.05) is 78.6 Å². The predicted molar refractivity (Wildman–Crippen MR) is 287 cm³/mol. The average Bonchev–Trinajstić information content (AvgIpc) is 4.05. The van der Waals surface area contributed by atoms with Gasteiger partial charge in [-0.15, -0.1) is 0 Å². The summed E-state index contributed by atoms with van der Waals surface area (Å²) in [6, 6.07) is 66.1. The van der Waals surface area contributed by atoms with Gasteiger partial charge in [-0.3, -0.25) is 0 Å². The number of benzene rings is 9. The van der Waals surface area contributed by atoms with Gasteiger partial charge in [-0.2, -0.15) is 0 Å². The zero-order valence-corrected chi connectivity index (χ0v) is 39.2. The first kappa shape index (κ1) is 41.8. The Morgan fingerprint density at radius 2 is 0.771 bits per heavy atom. The van der Waals surface area contributed by atoms with Crippen molar-refractivity contribution in [2.24, 2.45) is 11.3 Å². The minimum absolute atomic E-state index is 0.261. The van der Waals surface area contributed by atoms with Gasteiger partial charge in [-0.25, -0.2) is 4.39 Å². The zero-order valence-electron chi connectivity index (χ0n) is 39.2. The van der Waals surface area contributed by atoms with Crippen LogP contribution in [0, 0.1) is 17.2 Å². The second kappa shape index (κ2) is 16.4. The Morgan fingerprint density at radius 3 is 1.20 bits per heavy atom. The molecule has 340 valence electrons. The van der Waals surface area contributed by atoms with Crippen molar-refractivity contribution in [3.63, 3.8) is 0 Å². The molecular formula is C64H49FN2O3. The number of allylic oxidation sites excluding steroid dienone is 2. The summed E-state index contributed by atoms with van der Waals surface area (Å²) in [4.78, 5) is 4.54. The second-order valence-electron chi connectivity index (χ2n) is 19.9. The zero-order chi connectivity index (χ0) is 47.1. The van der Waals surface area contributed by atoms with E-state index in [1.165, 1.54) is 29.0 Å². The summed E-state index contributed by atoms with van der Waals surface area (Å²) in [7, 11) is 0. The molecule has 70 heavy (non-hydrogen) atoms. The van der Waals surface area contributed by atoms with Crippen molar-refractivity contribution < 1.29 is 17.6 Å². The molecule has 0 aliphatic heterocycles. The number of hydrogen-bond acceptors (Lipinski definition) is 5. The van der Waals surface area contributed by atoms with Crippen molar-refractivity contribution >= 4 is 94.3 Å². The third-order valence-corrected chi connectivity index (χ3v) is 14.6. The molecule has 0 bridgehead atoms. The number of anilines is 5. The van der Waals surface area contributed by atoms with E-state index >= 15 is 0 Å². The fourth-order valence-electron chi connectivity index (χ4n) is 10.8. The average molecular weight is 913 g/mol. The summed E-state index contributed by atoms with van der Waals surface area (Å²) in [5.41, 5.74) is 15.8. The highest BCUT2D eigenvalue weighted by Crippen LogP contribution is 2.46. The summed E-state index contributed by atoms with van der Waals surface area (Å²) in [6.45, 7) is 7.08. The van der Waals surface area contributed by atoms with Gasteiger partial charge >= 0.3 is 0 Å². The van der Waals surface area contributed by atoms with Crippen molar-refractivity contribution in [3.8, 4) is 22.3 Å². The van der Waals surface area contributed by atoms with Crippen molar-refractivity contribution in [2.75, 3.05) is 9.80 Å². The number of rotatable bonds is 8. The Balaban J connectivity index is 0.864. The maximum Gasteiger partial charge on any atom is 0.137 e. The van der Waals surface area contributed by atoms with E-state index in [1.54, 1.807) is 12.1 Å². The minimum Gasteiger partial charge on any atom is -0.456 e. The first-order valence-electron chi connectivity index (χ1n) is 24.2. The highest BCUT2D eigenvalue weighted by atomic mass is 19.1. The Morgan fingerprint density at radius 1 is 0.400 bits per heavy atom. The maximum absolute atomic E-state index is 14.2. The monoisotopic (exact) mass is 912 g/mol. The molecule has 12 aromatic rings. The largest absolute Gasteiger partial charge is 0.456 e. The molecule has 1 unspecified atom stereocenters. The Hall–Kier alpha value is -8.35. The van der Waals surface area contributed by atoms with Crippen LogP contribution in [0.1, 0.15) is 40.0 Å². The molecule has 0 fully saturated rings. The summed E-state index contributed by atoms with van der Waals surface area (Å²) >= 11 is 0. The first-order chi connectivity index (χ1) is 34.2. The van der Waals surface area contributed by atoms with Crippen LogP contribution in [-0.4, -0.2) is 0 Å². The molecule has 0 N–H and O–H groups in total. The third kappa shape index (κ3) is 7.30. The van der Waals surface area contributed by atoms with Gasteiger partial charge in [0.15, 0.2) is 0 Å². The Labute approximate surface area is 405 Å². The van der Waals surface area contributed by atoms with Gasteiger partial charge < -0.3 is 23.1 Å². The Kier molecular flexibility index (Phi) is 9.81. The number of nitrogens with zero attached hydrogens (tertiary/aromatic N) is 2. The van der Waals surface area contributed by atoms with Crippen LogP contribution >= 0.6 is 0 Å². The van der Waals surface area contributed by atoms with Crippen LogP contribution in [0.25, 0.3) is 88.1 Å². The van der Waals surface area contributed by atoms with E-state index in [0.29, 0.717) is 5.92 Å². The number of fused-ring (bicyclic) bond motifs is 9. The van der Waals surface area contributed by atoms with Crippen molar-refractivity contribution in [3.05, 3.63) is 212 Å². The summed E-state index contributed by atoms with van der Waals surface area (Å²) in [5.74, 6) is 0.356. The predicted octanol–water partition coefficient (Wildman–Crippen LogP) is 19.2. The molecule has 0 radical (unpaired) electrons. The topological polar surface area (TPSA) is 45.9 Å². The molecule has 9 aromatic carbocycles. The van der Waals surface area contributed by atoms with Crippen molar-refractivity contribution in [1.29, 1.82) is 0 Å². The molecule has 0 spiro atoms. The van der Waals surface area contributed by atoms with Gasteiger partial charge in [0.05, 0.1) is 0 Å². The smallest absolute Gasteiger partial charge is 0.137 e. The van der Waals surface area contributed by atoms with Gasteiger partial charge in [-0.05, 0) is 150 Å². The molecule has 1 aliphatic rings. The molecular weight excluding hydrogens is 864 g/mol. The van der Waals surface area contributed by atoms with Gasteiger partial charge in [0.25, 0.3) is 0 Å². The standard InChI is InChI=1S/C64H49FN2O3/c1-64(2,3)44-18-26-48(27-19-44)66(46-22-14-42(15-23-46)40-10-6-4-7-11-40)50-30-32-52-54-36-62-56(38-60(54)68-58(52)34-50)57-39-61-55(37-63(57)70-62)53-33-31-51(35-59(53)69-61)67(49-28-20-45(65)21-29-49)47-24-16-43(17-25-47)41-12-8-5-9-13-41/h4-17,20-26,28-39,44H,18-19,27H2,1-3H3. The molecule has 0 saturated heterocycles. The molecule has 0 amide bonds. The quantitative estimate of drug-likeness (QED) is 0.152. The number of hydrogen-bond donors (Lipinski definition) is 0. The SMILES string of the molecule is CC(C)(C)C1CC=C(N(c2ccc(-c3ccccc3)cc2)c2ccc3c(c2)oc2cc4c(cc23)oc2cc3c(cc24)oc2cc(N(c4ccc(F)cc4)c4ccc(-c5ccccc5)cc4)ccc23)CC1. The van der Waals surface area contributed by atoms with Crippen molar-refractivity contribution in [2.45, 2.75) is 40.0 Å².